The van der Waals surface area contributed by atoms with Crippen molar-refractivity contribution in [3.63, 3.8) is 0 Å². The molecule has 0 saturated heterocycles. The van der Waals surface area contributed by atoms with E-state index in [1.165, 1.54) is 0 Å². The first-order chi connectivity index (χ1) is 7.81. The first kappa shape index (κ1) is 11.3. The molecule has 4 nitrogen and oxygen atoms in total. The SMILES string of the molecule is NNC(Cc1ccncc1)c1occc1Br. The third-order valence-corrected chi connectivity index (χ3v) is 3.01. The number of pyridine rings is 1. The van der Waals surface area contributed by atoms with Crippen molar-refractivity contribution in [2.45, 2.75) is 12.5 Å². The van der Waals surface area contributed by atoms with E-state index < -0.39 is 0 Å². The minimum atomic E-state index is -0.0493. The van der Waals surface area contributed by atoms with Crippen LogP contribution in [0.1, 0.15) is 17.4 Å². The number of nitrogens with two attached hydrogens (primary N) is 1. The lowest BCUT2D eigenvalue weighted by Crippen LogP contribution is -2.29. The summed E-state index contributed by atoms with van der Waals surface area (Å²) in [5.74, 6) is 6.34. The minimum absolute atomic E-state index is 0.0493. The zero-order chi connectivity index (χ0) is 11.4. The Bertz CT molecular complexity index is 444. The van der Waals surface area contributed by atoms with Gasteiger partial charge in [0.25, 0.3) is 0 Å². The highest BCUT2D eigenvalue weighted by atomic mass is 79.9. The van der Waals surface area contributed by atoms with Gasteiger partial charge < -0.3 is 4.42 Å². The summed E-state index contributed by atoms with van der Waals surface area (Å²) in [5.41, 5.74) is 3.90. The number of hydrogen-bond acceptors (Lipinski definition) is 4. The van der Waals surface area contributed by atoms with E-state index in [2.05, 4.69) is 26.3 Å². The second-order valence-electron chi connectivity index (χ2n) is 3.41. The van der Waals surface area contributed by atoms with Crippen molar-refractivity contribution in [2.75, 3.05) is 0 Å². The fourth-order valence-corrected chi connectivity index (χ4v) is 2.01. The molecule has 5 heteroatoms. The number of hydrazine groups is 1. The molecule has 2 aromatic heterocycles. The van der Waals surface area contributed by atoms with Gasteiger partial charge in [-0.25, -0.2) is 5.43 Å². The predicted octanol–water partition coefficient (Wildman–Crippen LogP) is 2.18. The third-order valence-electron chi connectivity index (χ3n) is 2.35. The molecule has 0 aliphatic rings. The third kappa shape index (κ3) is 2.49. The molecule has 0 aliphatic heterocycles. The van der Waals surface area contributed by atoms with Crippen molar-refractivity contribution in [2.24, 2.45) is 5.84 Å². The van der Waals surface area contributed by atoms with Gasteiger partial charge in [-0.1, -0.05) is 0 Å². The predicted molar refractivity (Wildman–Crippen MR) is 64.4 cm³/mol. The highest BCUT2D eigenvalue weighted by Gasteiger charge is 2.16. The van der Waals surface area contributed by atoms with E-state index in [-0.39, 0.29) is 6.04 Å². The highest BCUT2D eigenvalue weighted by molar-refractivity contribution is 9.10. The minimum Gasteiger partial charge on any atom is -0.466 e. The molecule has 0 aliphatic carbocycles. The Hall–Kier alpha value is -1.17. The second-order valence-corrected chi connectivity index (χ2v) is 4.27. The molecule has 2 rings (SSSR count). The molecule has 2 heterocycles. The van der Waals surface area contributed by atoms with Crippen molar-refractivity contribution in [3.8, 4) is 0 Å². The van der Waals surface area contributed by atoms with E-state index in [4.69, 9.17) is 10.3 Å². The standard InChI is InChI=1S/C11H12BrN3O/c12-9-3-6-16-11(9)10(15-13)7-8-1-4-14-5-2-8/h1-6,10,15H,7,13H2. The molecule has 1 atom stereocenters. The maximum atomic E-state index is 5.53. The molecule has 0 amide bonds. The fourth-order valence-electron chi connectivity index (χ4n) is 1.54. The van der Waals surface area contributed by atoms with Crippen LogP contribution in [0.25, 0.3) is 0 Å². The maximum Gasteiger partial charge on any atom is 0.136 e. The summed E-state index contributed by atoms with van der Waals surface area (Å²) >= 11 is 3.42. The Kier molecular flexibility index (Phi) is 3.71. The molecule has 84 valence electrons. The lowest BCUT2D eigenvalue weighted by Gasteiger charge is -2.13. The first-order valence-electron chi connectivity index (χ1n) is 4.89. The van der Waals surface area contributed by atoms with Crippen LogP contribution in [0.3, 0.4) is 0 Å². The van der Waals surface area contributed by atoms with Gasteiger partial charge in [0.2, 0.25) is 0 Å². The lowest BCUT2D eigenvalue weighted by atomic mass is 10.1. The zero-order valence-corrected chi connectivity index (χ0v) is 10.1. The largest absolute Gasteiger partial charge is 0.466 e. The summed E-state index contributed by atoms with van der Waals surface area (Å²) in [4.78, 5) is 3.97. The molecule has 0 spiro atoms. The van der Waals surface area contributed by atoms with Crippen LogP contribution < -0.4 is 11.3 Å². The number of nitrogens with zero attached hydrogens (tertiary/aromatic N) is 1. The van der Waals surface area contributed by atoms with Crippen LogP contribution >= 0.6 is 15.9 Å². The molecule has 16 heavy (non-hydrogen) atoms. The molecule has 0 saturated carbocycles. The van der Waals surface area contributed by atoms with Gasteiger partial charge in [0.15, 0.2) is 0 Å². The van der Waals surface area contributed by atoms with Crippen molar-refractivity contribution in [1.29, 1.82) is 0 Å². The molecule has 0 bridgehead atoms. The van der Waals surface area contributed by atoms with Crippen molar-refractivity contribution < 1.29 is 4.42 Å². The normalized spacial score (nSPS) is 12.6. The lowest BCUT2D eigenvalue weighted by molar-refractivity contribution is 0.413. The van der Waals surface area contributed by atoms with E-state index in [9.17, 15) is 0 Å². The Balaban J connectivity index is 2.16. The number of furan rings is 1. The number of halogens is 1. The Morgan fingerprint density at radius 2 is 2.12 bits per heavy atom. The van der Waals surface area contributed by atoms with E-state index >= 15 is 0 Å². The van der Waals surface area contributed by atoms with Crippen LogP contribution in [0.4, 0.5) is 0 Å². The first-order valence-corrected chi connectivity index (χ1v) is 5.68. The van der Waals surface area contributed by atoms with Gasteiger partial charge in [0, 0.05) is 12.4 Å². The summed E-state index contributed by atoms with van der Waals surface area (Å²) < 4.78 is 6.31. The van der Waals surface area contributed by atoms with Crippen molar-refractivity contribution in [3.05, 3.63) is 52.7 Å². The van der Waals surface area contributed by atoms with Crippen LogP contribution in [0.2, 0.25) is 0 Å². The van der Waals surface area contributed by atoms with Gasteiger partial charge in [-0.05, 0) is 46.1 Å². The van der Waals surface area contributed by atoms with Crippen molar-refractivity contribution in [1.82, 2.24) is 10.4 Å². The van der Waals surface area contributed by atoms with E-state index in [0.717, 1.165) is 22.2 Å². The quantitative estimate of drug-likeness (QED) is 0.666. The molecule has 0 aromatic carbocycles. The average molecular weight is 282 g/mol. The highest BCUT2D eigenvalue weighted by Crippen LogP contribution is 2.26. The maximum absolute atomic E-state index is 5.53. The van der Waals surface area contributed by atoms with E-state index in [1.807, 2.05) is 18.2 Å². The van der Waals surface area contributed by atoms with Crippen LogP contribution in [0.5, 0.6) is 0 Å². The Labute approximate surface area is 102 Å². The summed E-state index contributed by atoms with van der Waals surface area (Å²) in [5, 5.41) is 0. The molecular weight excluding hydrogens is 270 g/mol. The molecule has 1 unspecified atom stereocenters. The van der Waals surface area contributed by atoms with Crippen molar-refractivity contribution >= 4 is 15.9 Å². The van der Waals surface area contributed by atoms with Crippen LogP contribution in [0.15, 0.2) is 45.7 Å². The monoisotopic (exact) mass is 281 g/mol. The number of rotatable bonds is 4. The topological polar surface area (TPSA) is 64.1 Å². The second kappa shape index (κ2) is 5.25. The molecule has 3 N–H and O–H groups in total. The summed E-state index contributed by atoms with van der Waals surface area (Å²) in [6.07, 6.45) is 5.92. The van der Waals surface area contributed by atoms with Gasteiger partial charge in [-0.15, -0.1) is 0 Å². The van der Waals surface area contributed by atoms with E-state index in [0.29, 0.717) is 0 Å². The van der Waals surface area contributed by atoms with Gasteiger partial charge in [-0.3, -0.25) is 10.8 Å². The van der Waals surface area contributed by atoms with Gasteiger partial charge >= 0.3 is 0 Å². The van der Waals surface area contributed by atoms with E-state index in [1.54, 1.807) is 18.7 Å². The number of nitrogens with one attached hydrogen (secondary N) is 1. The molecular formula is C11H12BrN3O. The average Bonchev–Trinajstić information content (AvgIpc) is 2.74. The molecule has 2 aromatic rings. The summed E-state index contributed by atoms with van der Waals surface area (Å²) in [6, 6.07) is 5.72. The van der Waals surface area contributed by atoms with Gasteiger partial charge in [0.05, 0.1) is 16.8 Å². The molecule has 0 radical (unpaired) electrons. The Morgan fingerprint density at radius 1 is 1.38 bits per heavy atom. The van der Waals surface area contributed by atoms with Crippen LogP contribution in [-0.4, -0.2) is 4.98 Å². The fraction of sp³-hybridized carbons (Fsp3) is 0.182. The van der Waals surface area contributed by atoms with Crippen LogP contribution in [0, 0.1) is 0 Å². The zero-order valence-electron chi connectivity index (χ0n) is 8.56. The number of hydrogen-bond donors (Lipinski definition) is 2. The Morgan fingerprint density at radius 3 is 2.69 bits per heavy atom. The smallest absolute Gasteiger partial charge is 0.136 e. The molecule has 0 fully saturated rings. The van der Waals surface area contributed by atoms with Crippen LogP contribution in [-0.2, 0) is 6.42 Å². The number of aromatic nitrogens is 1. The van der Waals surface area contributed by atoms with Gasteiger partial charge in [-0.2, -0.15) is 0 Å². The summed E-state index contributed by atoms with van der Waals surface area (Å²) in [7, 11) is 0. The summed E-state index contributed by atoms with van der Waals surface area (Å²) in [6.45, 7) is 0. The van der Waals surface area contributed by atoms with Gasteiger partial charge in [0.1, 0.15) is 5.76 Å².